The minimum atomic E-state index is -3.21. The molecule has 1 aromatic rings. The summed E-state index contributed by atoms with van der Waals surface area (Å²) in [6.45, 7) is 6.98. The van der Waals surface area contributed by atoms with Crippen LogP contribution in [0.3, 0.4) is 0 Å². The number of hydrogen-bond donors (Lipinski definition) is 0. The van der Waals surface area contributed by atoms with E-state index in [9.17, 15) is 13.2 Å². The third kappa shape index (κ3) is 3.44. The summed E-state index contributed by atoms with van der Waals surface area (Å²) in [5, 5.41) is 0. The number of piperazine rings is 1. The highest BCUT2D eigenvalue weighted by Gasteiger charge is 2.32. The zero-order chi connectivity index (χ0) is 15.8. The molecule has 0 aromatic heterocycles. The van der Waals surface area contributed by atoms with Crippen molar-refractivity contribution in [2.24, 2.45) is 0 Å². The summed E-state index contributed by atoms with van der Waals surface area (Å²) in [7, 11) is -3.21. The van der Waals surface area contributed by atoms with E-state index in [4.69, 9.17) is 0 Å². The fourth-order valence-electron chi connectivity index (χ4n) is 2.84. The van der Waals surface area contributed by atoms with Gasteiger partial charge in [-0.2, -0.15) is 4.31 Å². The first-order valence-electron chi connectivity index (χ1n) is 7.03. The van der Waals surface area contributed by atoms with Gasteiger partial charge in [-0.15, -0.1) is 0 Å². The van der Waals surface area contributed by atoms with Gasteiger partial charge in [-0.1, -0.05) is 17.7 Å². The molecule has 116 valence electrons. The second-order valence-electron chi connectivity index (χ2n) is 5.79. The van der Waals surface area contributed by atoms with Crippen LogP contribution < -0.4 is 0 Å². The Morgan fingerprint density at radius 2 is 1.90 bits per heavy atom. The Morgan fingerprint density at radius 1 is 1.24 bits per heavy atom. The Labute approximate surface area is 126 Å². The molecule has 0 unspecified atom stereocenters. The number of amides is 1. The number of benzene rings is 1. The number of nitrogens with zero attached hydrogens (tertiary/aromatic N) is 2. The highest BCUT2D eigenvalue weighted by atomic mass is 32.2. The van der Waals surface area contributed by atoms with Gasteiger partial charge in [0.25, 0.3) is 5.91 Å². The maximum atomic E-state index is 12.6. The lowest BCUT2D eigenvalue weighted by Crippen LogP contribution is -2.55. The van der Waals surface area contributed by atoms with E-state index in [2.05, 4.69) is 0 Å². The Morgan fingerprint density at radius 3 is 2.43 bits per heavy atom. The fraction of sp³-hybridized carbons (Fsp3) is 0.533. The number of sulfonamides is 1. The van der Waals surface area contributed by atoms with Crippen molar-refractivity contribution in [1.82, 2.24) is 9.21 Å². The first kappa shape index (κ1) is 16.0. The first-order valence-corrected chi connectivity index (χ1v) is 8.88. The molecule has 0 aliphatic carbocycles. The van der Waals surface area contributed by atoms with E-state index in [1.54, 1.807) is 4.90 Å². The van der Waals surface area contributed by atoms with Crippen molar-refractivity contribution >= 4 is 15.9 Å². The third-order valence-electron chi connectivity index (χ3n) is 3.89. The molecule has 21 heavy (non-hydrogen) atoms. The van der Waals surface area contributed by atoms with E-state index in [0.717, 1.165) is 11.1 Å². The molecule has 1 heterocycles. The molecule has 0 spiro atoms. The molecule has 1 aliphatic heterocycles. The molecule has 2 rings (SSSR count). The lowest BCUT2D eigenvalue weighted by molar-refractivity contribution is 0.0642. The van der Waals surface area contributed by atoms with Gasteiger partial charge in [0.15, 0.2) is 0 Å². The number of carbonyl (C=O) groups is 1. The van der Waals surface area contributed by atoms with E-state index in [-0.39, 0.29) is 11.9 Å². The van der Waals surface area contributed by atoms with Crippen LogP contribution in [0.2, 0.25) is 0 Å². The van der Waals surface area contributed by atoms with Crippen LogP contribution in [0.25, 0.3) is 0 Å². The summed E-state index contributed by atoms with van der Waals surface area (Å²) < 4.78 is 24.8. The Kier molecular flexibility index (Phi) is 4.39. The van der Waals surface area contributed by atoms with Crippen molar-refractivity contribution in [3.8, 4) is 0 Å². The predicted molar refractivity (Wildman–Crippen MR) is 82.8 cm³/mol. The van der Waals surface area contributed by atoms with E-state index in [1.807, 2.05) is 39.0 Å². The van der Waals surface area contributed by atoms with Crippen LogP contribution in [0.1, 0.15) is 28.4 Å². The predicted octanol–water partition coefficient (Wildman–Crippen LogP) is 1.41. The summed E-state index contributed by atoms with van der Waals surface area (Å²) in [6, 6.07) is 5.57. The summed E-state index contributed by atoms with van der Waals surface area (Å²) in [5.41, 5.74) is 2.78. The van der Waals surface area contributed by atoms with Gasteiger partial charge in [-0.25, -0.2) is 8.42 Å². The standard InChI is InChI=1S/C15H22N2O3S/c1-11-5-6-14(12(2)9-11)15(18)16-7-8-17(13(3)10-16)21(4,19)20/h5-6,9,13H,7-8,10H2,1-4H3/t13-/m0/s1. The quantitative estimate of drug-likeness (QED) is 0.830. The second kappa shape index (κ2) is 5.77. The van der Waals surface area contributed by atoms with Crippen molar-refractivity contribution in [2.75, 3.05) is 25.9 Å². The van der Waals surface area contributed by atoms with Gasteiger partial charge in [0, 0.05) is 31.2 Å². The lowest BCUT2D eigenvalue weighted by atomic mass is 10.0. The molecule has 1 aromatic carbocycles. The molecular formula is C15H22N2O3S. The van der Waals surface area contributed by atoms with Gasteiger partial charge in [0.1, 0.15) is 0 Å². The average molecular weight is 310 g/mol. The van der Waals surface area contributed by atoms with Crippen molar-refractivity contribution in [3.63, 3.8) is 0 Å². The smallest absolute Gasteiger partial charge is 0.254 e. The monoisotopic (exact) mass is 310 g/mol. The number of rotatable bonds is 2. The van der Waals surface area contributed by atoms with E-state index >= 15 is 0 Å². The van der Waals surface area contributed by atoms with Gasteiger partial charge in [-0.05, 0) is 32.4 Å². The maximum Gasteiger partial charge on any atom is 0.254 e. The maximum absolute atomic E-state index is 12.6. The molecular weight excluding hydrogens is 288 g/mol. The van der Waals surface area contributed by atoms with Crippen molar-refractivity contribution in [1.29, 1.82) is 0 Å². The second-order valence-corrected chi connectivity index (χ2v) is 7.73. The Bertz CT molecular complexity index is 655. The van der Waals surface area contributed by atoms with Gasteiger partial charge in [0.2, 0.25) is 10.0 Å². The first-order chi connectivity index (χ1) is 9.70. The van der Waals surface area contributed by atoms with Crippen LogP contribution in [0.15, 0.2) is 18.2 Å². The van der Waals surface area contributed by atoms with Crippen LogP contribution in [0.5, 0.6) is 0 Å². The summed E-state index contributed by atoms with van der Waals surface area (Å²) in [5.74, 6) is -0.0208. The van der Waals surface area contributed by atoms with Gasteiger partial charge < -0.3 is 4.90 Å². The van der Waals surface area contributed by atoms with Crippen LogP contribution >= 0.6 is 0 Å². The largest absolute Gasteiger partial charge is 0.336 e. The highest BCUT2D eigenvalue weighted by molar-refractivity contribution is 7.88. The molecule has 1 saturated heterocycles. The molecule has 1 amide bonds. The van der Waals surface area contributed by atoms with Crippen molar-refractivity contribution in [3.05, 3.63) is 34.9 Å². The molecule has 1 fully saturated rings. The SMILES string of the molecule is Cc1ccc(C(=O)N2CCN(S(C)(=O)=O)[C@@H](C)C2)c(C)c1. The molecule has 6 heteroatoms. The van der Waals surface area contributed by atoms with Crippen LogP contribution in [0, 0.1) is 13.8 Å². The molecule has 1 atom stereocenters. The van der Waals surface area contributed by atoms with Crippen molar-refractivity contribution in [2.45, 2.75) is 26.8 Å². The normalized spacial score (nSPS) is 20.6. The van der Waals surface area contributed by atoms with E-state index < -0.39 is 10.0 Å². The molecule has 0 radical (unpaired) electrons. The van der Waals surface area contributed by atoms with Crippen LogP contribution in [0.4, 0.5) is 0 Å². The average Bonchev–Trinajstić information content (AvgIpc) is 2.36. The number of carbonyl (C=O) groups excluding carboxylic acids is 1. The molecule has 0 bridgehead atoms. The summed E-state index contributed by atoms with van der Waals surface area (Å²) in [6.07, 6.45) is 1.21. The summed E-state index contributed by atoms with van der Waals surface area (Å²) >= 11 is 0. The van der Waals surface area contributed by atoms with Crippen LogP contribution in [-0.4, -0.2) is 55.5 Å². The van der Waals surface area contributed by atoms with E-state index in [1.165, 1.54) is 10.6 Å². The van der Waals surface area contributed by atoms with Gasteiger partial charge in [-0.3, -0.25) is 4.79 Å². The minimum Gasteiger partial charge on any atom is -0.336 e. The Balaban J connectivity index is 2.16. The number of hydrogen-bond acceptors (Lipinski definition) is 3. The fourth-order valence-corrected chi connectivity index (χ4v) is 3.98. The zero-order valence-electron chi connectivity index (χ0n) is 13.0. The van der Waals surface area contributed by atoms with Gasteiger partial charge >= 0.3 is 0 Å². The van der Waals surface area contributed by atoms with Gasteiger partial charge in [0.05, 0.1) is 6.26 Å². The zero-order valence-corrected chi connectivity index (χ0v) is 13.8. The topological polar surface area (TPSA) is 57.7 Å². The molecule has 0 saturated carbocycles. The number of aryl methyl sites for hydroxylation is 2. The van der Waals surface area contributed by atoms with Crippen LogP contribution in [-0.2, 0) is 10.0 Å². The van der Waals surface area contributed by atoms with E-state index in [0.29, 0.717) is 25.2 Å². The Hall–Kier alpha value is -1.40. The highest BCUT2D eigenvalue weighted by Crippen LogP contribution is 2.18. The minimum absolute atomic E-state index is 0.0208. The molecule has 5 nitrogen and oxygen atoms in total. The molecule has 1 aliphatic rings. The molecule has 0 N–H and O–H groups in total. The van der Waals surface area contributed by atoms with Crippen molar-refractivity contribution < 1.29 is 13.2 Å². The lowest BCUT2D eigenvalue weighted by Gasteiger charge is -2.38. The summed E-state index contributed by atoms with van der Waals surface area (Å²) in [4.78, 5) is 14.3. The third-order valence-corrected chi connectivity index (χ3v) is 5.29.